The Morgan fingerprint density at radius 3 is 2.38 bits per heavy atom. The maximum absolute atomic E-state index is 14.8. The van der Waals surface area contributed by atoms with Crippen molar-refractivity contribution in [2.24, 2.45) is 5.92 Å². The molecule has 0 saturated heterocycles. The van der Waals surface area contributed by atoms with Crippen LogP contribution in [0.25, 0.3) is 10.8 Å². The number of halogens is 3. The lowest BCUT2D eigenvalue weighted by Gasteiger charge is -2.28. The van der Waals surface area contributed by atoms with E-state index in [1.807, 2.05) is 19.1 Å². The summed E-state index contributed by atoms with van der Waals surface area (Å²) in [5.41, 5.74) is 0.857. The minimum Gasteiger partial charge on any atom is -0.206 e. The fourth-order valence-corrected chi connectivity index (χ4v) is 4.22. The lowest BCUT2D eigenvalue weighted by atomic mass is 9.77. The molecule has 2 aromatic rings. The van der Waals surface area contributed by atoms with Gasteiger partial charge in [-0.1, -0.05) is 37.6 Å². The van der Waals surface area contributed by atoms with E-state index in [1.165, 1.54) is 0 Å². The summed E-state index contributed by atoms with van der Waals surface area (Å²) in [6.45, 7) is 4.08. The van der Waals surface area contributed by atoms with Gasteiger partial charge in [0, 0.05) is 0 Å². The lowest BCUT2D eigenvalue weighted by Crippen LogP contribution is -2.14. The van der Waals surface area contributed by atoms with Crippen LogP contribution < -0.4 is 0 Å². The van der Waals surface area contributed by atoms with Crippen molar-refractivity contribution in [2.45, 2.75) is 64.7 Å². The van der Waals surface area contributed by atoms with Crippen LogP contribution in [0.3, 0.4) is 0 Å². The summed E-state index contributed by atoms with van der Waals surface area (Å²) in [5.74, 6) is -1.78. The Hall–Kier alpha value is -1.77. The molecule has 0 N–H and O–H groups in total. The van der Waals surface area contributed by atoms with Gasteiger partial charge >= 0.3 is 0 Å². The summed E-state index contributed by atoms with van der Waals surface area (Å²) in [5, 5.41) is 0.260. The first-order chi connectivity index (χ1) is 12.6. The summed E-state index contributed by atoms with van der Waals surface area (Å²) >= 11 is 0. The Labute approximate surface area is 154 Å². The summed E-state index contributed by atoms with van der Waals surface area (Å²) < 4.78 is 44.3. The van der Waals surface area contributed by atoms with Gasteiger partial charge in [0.25, 0.3) is 0 Å². The molecule has 0 aliphatic heterocycles. The minimum atomic E-state index is -1.03. The second-order valence-electron chi connectivity index (χ2n) is 7.46. The van der Waals surface area contributed by atoms with Crippen LogP contribution in [0.15, 0.2) is 30.4 Å². The van der Waals surface area contributed by atoms with Crippen molar-refractivity contribution in [3.05, 3.63) is 58.9 Å². The predicted molar refractivity (Wildman–Crippen MR) is 102 cm³/mol. The zero-order valence-corrected chi connectivity index (χ0v) is 15.6. The molecule has 1 saturated carbocycles. The predicted octanol–water partition coefficient (Wildman–Crippen LogP) is 7.45. The molecular weight excluding hydrogens is 333 g/mol. The Balaban J connectivity index is 1.96. The number of hydrogen-bond acceptors (Lipinski definition) is 0. The Morgan fingerprint density at radius 2 is 1.73 bits per heavy atom. The van der Waals surface area contributed by atoms with E-state index < -0.39 is 17.5 Å². The maximum Gasteiger partial charge on any atom is 0.169 e. The standard InChI is InChI=1S/C23H27F3/c1-3-5-6-7-17-12-13-18-14-19(16-10-8-15(4-2)9-11-16)22(25)23(26)20(18)21(17)24/h3,5,12-16H,4,6-11H2,1-2H3/b5-3+. The van der Waals surface area contributed by atoms with E-state index >= 15 is 0 Å². The number of benzene rings is 2. The third-order valence-corrected chi connectivity index (χ3v) is 5.91. The fraction of sp³-hybridized carbons (Fsp3) is 0.478. The Bertz CT molecular complexity index is 799. The van der Waals surface area contributed by atoms with Gasteiger partial charge in [-0.3, -0.25) is 0 Å². The molecule has 3 heteroatoms. The molecule has 26 heavy (non-hydrogen) atoms. The summed E-state index contributed by atoms with van der Waals surface area (Å²) in [6.07, 6.45) is 10.0. The van der Waals surface area contributed by atoms with Crippen molar-refractivity contribution in [1.82, 2.24) is 0 Å². The van der Waals surface area contributed by atoms with Crippen LogP contribution in [0.1, 0.15) is 69.4 Å². The van der Waals surface area contributed by atoms with E-state index in [0.717, 1.165) is 32.1 Å². The summed E-state index contributed by atoms with van der Waals surface area (Å²) in [6, 6.07) is 5.10. The minimum absolute atomic E-state index is 0.0362. The van der Waals surface area contributed by atoms with E-state index in [-0.39, 0.29) is 11.3 Å². The second kappa shape index (κ2) is 8.28. The van der Waals surface area contributed by atoms with Crippen LogP contribution in [-0.4, -0.2) is 0 Å². The van der Waals surface area contributed by atoms with Crippen molar-refractivity contribution in [1.29, 1.82) is 0 Å². The number of aryl methyl sites for hydroxylation is 1. The normalized spacial score (nSPS) is 21.0. The highest BCUT2D eigenvalue weighted by molar-refractivity contribution is 5.85. The maximum atomic E-state index is 14.8. The SMILES string of the molecule is C/C=C/CCc1ccc2cc(C3CCC(CC)CC3)c(F)c(F)c2c1F. The van der Waals surface area contributed by atoms with Gasteiger partial charge in [-0.15, -0.1) is 0 Å². The molecule has 1 fully saturated rings. The summed E-state index contributed by atoms with van der Waals surface area (Å²) in [4.78, 5) is 0. The third-order valence-electron chi connectivity index (χ3n) is 5.91. The first-order valence-electron chi connectivity index (χ1n) is 9.76. The van der Waals surface area contributed by atoms with Gasteiger partial charge in [0.2, 0.25) is 0 Å². The first-order valence-corrected chi connectivity index (χ1v) is 9.76. The van der Waals surface area contributed by atoms with Crippen LogP contribution in [0, 0.1) is 23.4 Å². The number of rotatable bonds is 5. The number of fused-ring (bicyclic) bond motifs is 1. The summed E-state index contributed by atoms with van der Waals surface area (Å²) in [7, 11) is 0. The van der Waals surface area contributed by atoms with Gasteiger partial charge in [0.15, 0.2) is 11.6 Å². The van der Waals surface area contributed by atoms with Crippen molar-refractivity contribution in [3.8, 4) is 0 Å². The van der Waals surface area contributed by atoms with Crippen molar-refractivity contribution in [2.75, 3.05) is 0 Å². The Kier molecular flexibility index (Phi) is 6.05. The quantitative estimate of drug-likeness (QED) is 0.486. The van der Waals surface area contributed by atoms with Crippen LogP contribution in [0.5, 0.6) is 0 Å². The van der Waals surface area contributed by atoms with E-state index in [0.29, 0.717) is 35.3 Å². The third kappa shape index (κ3) is 3.67. The van der Waals surface area contributed by atoms with Crippen molar-refractivity contribution < 1.29 is 13.2 Å². The molecule has 2 aromatic carbocycles. The lowest BCUT2D eigenvalue weighted by molar-refractivity contribution is 0.313. The molecular formula is C23H27F3. The first kappa shape index (κ1) is 19.0. The van der Waals surface area contributed by atoms with E-state index in [1.54, 1.807) is 18.2 Å². The van der Waals surface area contributed by atoms with E-state index in [4.69, 9.17) is 0 Å². The molecule has 0 radical (unpaired) electrons. The van der Waals surface area contributed by atoms with E-state index in [9.17, 15) is 13.2 Å². The molecule has 0 spiro atoms. The number of allylic oxidation sites excluding steroid dienone is 2. The van der Waals surface area contributed by atoms with Crippen LogP contribution in [0.4, 0.5) is 13.2 Å². The molecule has 0 atom stereocenters. The second-order valence-corrected chi connectivity index (χ2v) is 7.46. The molecule has 3 rings (SSSR count). The molecule has 0 heterocycles. The van der Waals surface area contributed by atoms with Gasteiger partial charge < -0.3 is 0 Å². The van der Waals surface area contributed by atoms with Crippen molar-refractivity contribution >= 4 is 10.8 Å². The van der Waals surface area contributed by atoms with E-state index in [2.05, 4.69) is 6.92 Å². The van der Waals surface area contributed by atoms with Gasteiger partial charge in [-0.05, 0) is 79.9 Å². The average Bonchev–Trinajstić information content (AvgIpc) is 2.66. The molecule has 1 aliphatic carbocycles. The monoisotopic (exact) mass is 360 g/mol. The molecule has 0 unspecified atom stereocenters. The molecule has 1 aliphatic rings. The zero-order valence-electron chi connectivity index (χ0n) is 15.6. The highest BCUT2D eigenvalue weighted by Gasteiger charge is 2.27. The van der Waals surface area contributed by atoms with Crippen LogP contribution in [-0.2, 0) is 6.42 Å². The van der Waals surface area contributed by atoms with Crippen LogP contribution in [0.2, 0.25) is 0 Å². The number of hydrogen-bond donors (Lipinski definition) is 0. The van der Waals surface area contributed by atoms with Crippen LogP contribution >= 0.6 is 0 Å². The highest BCUT2D eigenvalue weighted by Crippen LogP contribution is 2.40. The van der Waals surface area contributed by atoms with Gasteiger partial charge in [0.05, 0.1) is 5.39 Å². The highest BCUT2D eigenvalue weighted by atomic mass is 19.2. The molecule has 0 nitrogen and oxygen atoms in total. The fourth-order valence-electron chi connectivity index (χ4n) is 4.22. The Morgan fingerprint density at radius 1 is 1.00 bits per heavy atom. The molecule has 0 bridgehead atoms. The van der Waals surface area contributed by atoms with Crippen molar-refractivity contribution in [3.63, 3.8) is 0 Å². The molecule has 0 amide bonds. The van der Waals surface area contributed by atoms with Gasteiger partial charge in [-0.2, -0.15) is 0 Å². The average molecular weight is 360 g/mol. The zero-order chi connectivity index (χ0) is 18.7. The smallest absolute Gasteiger partial charge is 0.169 e. The largest absolute Gasteiger partial charge is 0.206 e. The molecule has 0 aromatic heterocycles. The van der Waals surface area contributed by atoms with Gasteiger partial charge in [-0.25, -0.2) is 13.2 Å². The molecule has 140 valence electrons. The van der Waals surface area contributed by atoms with Gasteiger partial charge in [0.1, 0.15) is 5.82 Å². The topological polar surface area (TPSA) is 0 Å².